The van der Waals surface area contributed by atoms with Crippen LogP contribution in [0.2, 0.25) is 0 Å². The maximum atomic E-state index is 13.2. The molecule has 0 atom stereocenters. The van der Waals surface area contributed by atoms with Gasteiger partial charge in [-0.05, 0) is 42.3 Å². The first-order valence-electron chi connectivity index (χ1n) is 5.53. The average Bonchev–Trinajstić information content (AvgIpc) is 2.37. The normalized spacial score (nSPS) is 10.4. The number of phenolic OH excluding ortho intramolecular Hbond substituents is 1. The minimum absolute atomic E-state index is 0.412. The van der Waals surface area contributed by atoms with Crippen LogP contribution in [-0.2, 0) is 0 Å². The summed E-state index contributed by atoms with van der Waals surface area (Å²) < 4.78 is 31.4. The summed E-state index contributed by atoms with van der Waals surface area (Å²) in [7, 11) is 0. The second-order valence-corrected chi connectivity index (χ2v) is 3.75. The first-order valence-corrected chi connectivity index (χ1v) is 5.53. The minimum Gasteiger partial charge on any atom is -0.505 e. The largest absolute Gasteiger partial charge is 0.505 e. The molecule has 0 radical (unpaired) electrons. The van der Waals surface area contributed by atoms with E-state index in [9.17, 15) is 13.9 Å². The van der Waals surface area contributed by atoms with Crippen molar-refractivity contribution in [2.75, 3.05) is 6.61 Å². The van der Waals surface area contributed by atoms with Crippen molar-refractivity contribution in [1.82, 2.24) is 0 Å². The van der Waals surface area contributed by atoms with Gasteiger partial charge in [0.2, 0.25) is 0 Å². The van der Waals surface area contributed by atoms with Gasteiger partial charge in [0.1, 0.15) is 5.75 Å². The highest BCUT2D eigenvalue weighted by Crippen LogP contribution is 2.28. The van der Waals surface area contributed by atoms with Crippen molar-refractivity contribution < 1.29 is 18.6 Å². The van der Waals surface area contributed by atoms with Crippen LogP contribution in [0.1, 0.15) is 6.92 Å². The van der Waals surface area contributed by atoms with Crippen molar-refractivity contribution in [1.29, 1.82) is 0 Å². The molecule has 0 fully saturated rings. The van der Waals surface area contributed by atoms with Gasteiger partial charge in [-0.25, -0.2) is 4.39 Å². The molecule has 94 valence electrons. The lowest BCUT2D eigenvalue weighted by atomic mass is 10.0. The molecule has 0 amide bonds. The molecule has 2 aromatic carbocycles. The van der Waals surface area contributed by atoms with E-state index in [1.54, 1.807) is 24.3 Å². The Kier molecular flexibility index (Phi) is 3.46. The number of halogens is 2. The molecule has 0 unspecified atom stereocenters. The molecule has 2 nitrogen and oxygen atoms in total. The van der Waals surface area contributed by atoms with Gasteiger partial charge < -0.3 is 9.84 Å². The molecule has 18 heavy (non-hydrogen) atoms. The maximum Gasteiger partial charge on any atom is 0.200 e. The van der Waals surface area contributed by atoms with Crippen LogP contribution in [0.3, 0.4) is 0 Å². The van der Waals surface area contributed by atoms with E-state index in [0.29, 0.717) is 23.5 Å². The monoisotopic (exact) mass is 250 g/mol. The van der Waals surface area contributed by atoms with Gasteiger partial charge in [-0.3, -0.25) is 0 Å². The first-order chi connectivity index (χ1) is 8.61. The quantitative estimate of drug-likeness (QED) is 0.899. The fraction of sp³-hybridized carbons (Fsp3) is 0.143. The predicted octanol–water partition coefficient (Wildman–Crippen LogP) is 3.74. The van der Waals surface area contributed by atoms with Crippen LogP contribution in [0, 0.1) is 11.6 Å². The Bertz CT molecular complexity index is 527. The molecular formula is C14H12F2O2. The fourth-order valence-electron chi connectivity index (χ4n) is 1.65. The van der Waals surface area contributed by atoms with E-state index in [4.69, 9.17) is 4.74 Å². The summed E-state index contributed by atoms with van der Waals surface area (Å²) in [5, 5.41) is 9.24. The van der Waals surface area contributed by atoms with Gasteiger partial charge in [0.15, 0.2) is 17.4 Å². The summed E-state index contributed by atoms with van der Waals surface area (Å²) in [6, 6.07) is 9.14. The van der Waals surface area contributed by atoms with Crippen LogP contribution in [0.15, 0.2) is 36.4 Å². The number of benzene rings is 2. The van der Waals surface area contributed by atoms with Crippen molar-refractivity contribution in [3.8, 4) is 22.6 Å². The lowest BCUT2D eigenvalue weighted by molar-refractivity contribution is 0.340. The summed E-state index contributed by atoms with van der Waals surface area (Å²) in [6.45, 7) is 2.44. The lowest BCUT2D eigenvalue weighted by Crippen LogP contribution is -1.91. The molecule has 0 saturated heterocycles. The molecular weight excluding hydrogens is 238 g/mol. The summed E-state index contributed by atoms with van der Waals surface area (Å²) in [6.07, 6.45) is 0. The molecule has 0 heterocycles. The van der Waals surface area contributed by atoms with Crippen LogP contribution in [0.4, 0.5) is 8.78 Å². The molecule has 0 spiro atoms. The SMILES string of the molecule is CCOc1ccc(-c2cc(O)c(F)c(F)c2)cc1. The van der Waals surface area contributed by atoms with Gasteiger partial charge >= 0.3 is 0 Å². The van der Waals surface area contributed by atoms with Crippen molar-refractivity contribution in [3.05, 3.63) is 48.0 Å². The standard InChI is InChI=1S/C14H12F2O2/c1-2-18-11-5-3-9(4-6-11)10-7-12(15)14(16)13(17)8-10/h3-8,17H,2H2,1H3. The molecule has 0 aliphatic rings. The van der Waals surface area contributed by atoms with Gasteiger partial charge in [0, 0.05) is 0 Å². The van der Waals surface area contributed by atoms with Crippen molar-refractivity contribution in [2.45, 2.75) is 6.92 Å². The molecule has 0 aliphatic carbocycles. The van der Waals surface area contributed by atoms with E-state index in [2.05, 4.69) is 0 Å². The zero-order valence-corrected chi connectivity index (χ0v) is 9.78. The van der Waals surface area contributed by atoms with Crippen LogP contribution in [0.25, 0.3) is 11.1 Å². The van der Waals surface area contributed by atoms with Crippen molar-refractivity contribution in [3.63, 3.8) is 0 Å². The Morgan fingerprint density at radius 1 is 1.06 bits per heavy atom. The van der Waals surface area contributed by atoms with Crippen LogP contribution >= 0.6 is 0 Å². The maximum absolute atomic E-state index is 13.2. The van der Waals surface area contributed by atoms with Crippen LogP contribution in [-0.4, -0.2) is 11.7 Å². The average molecular weight is 250 g/mol. The Morgan fingerprint density at radius 2 is 1.72 bits per heavy atom. The number of hydrogen-bond donors (Lipinski definition) is 1. The van der Waals surface area contributed by atoms with E-state index in [0.717, 1.165) is 6.07 Å². The van der Waals surface area contributed by atoms with Gasteiger partial charge in [-0.2, -0.15) is 4.39 Å². The molecule has 0 aromatic heterocycles. The number of rotatable bonds is 3. The highest BCUT2D eigenvalue weighted by molar-refractivity contribution is 5.66. The molecule has 0 bridgehead atoms. The highest BCUT2D eigenvalue weighted by Gasteiger charge is 2.10. The highest BCUT2D eigenvalue weighted by atomic mass is 19.2. The second kappa shape index (κ2) is 5.04. The molecule has 1 N–H and O–H groups in total. The molecule has 4 heteroatoms. The third-order valence-electron chi connectivity index (χ3n) is 2.51. The minimum atomic E-state index is -1.23. The van der Waals surface area contributed by atoms with Crippen LogP contribution < -0.4 is 4.74 Å². The van der Waals surface area contributed by atoms with Gasteiger partial charge in [-0.15, -0.1) is 0 Å². The van der Waals surface area contributed by atoms with E-state index >= 15 is 0 Å². The zero-order chi connectivity index (χ0) is 13.1. The zero-order valence-electron chi connectivity index (χ0n) is 9.78. The number of hydrogen-bond acceptors (Lipinski definition) is 2. The third-order valence-corrected chi connectivity index (χ3v) is 2.51. The fourth-order valence-corrected chi connectivity index (χ4v) is 1.65. The van der Waals surface area contributed by atoms with Gasteiger partial charge in [0.05, 0.1) is 6.61 Å². The topological polar surface area (TPSA) is 29.5 Å². The van der Waals surface area contributed by atoms with Crippen molar-refractivity contribution >= 4 is 0 Å². The Labute approximate surface area is 103 Å². The van der Waals surface area contributed by atoms with Crippen LogP contribution in [0.5, 0.6) is 11.5 Å². The molecule has 2 rings (SSSR count). The van der Waals surface area contributed by atoms with Gasteiger partial charge in [-0.1, -0.05) is 12.1 Å². The Balaban J connectivity index is 2.36. The Hall–Kier alpha value is -2.10. The first kappa shape index (κ1) is 12.4. The third kappa shape index (κ3) is 2.42. The van der Waals surface area contributed by atoms with E-state index in [1.165, 1.54) is 6.07 Å². The molecule has 0 saturated carbocycles. The summed E-state index contributed by atoms with van der Waals surface area (Å²) in [4.78, 5) is 0. The summed E-state index contributed by atoms with van der Waals surface area (Å²) >= 11 is 0. The lowest BCUT2D eigenvalue weighted by Gasteiger charge is -2.06. The molecule has 0 aliphatic heterocycles. The Morgan fingerprint density at radius 3 is 2.28 bits per heavy atom. The summed E-state index contributed by atoms with van der Waals surface area (Å²) in [5.41, 5.74) is 1.09. The predicted molar refractivity (Wildman–Crippen MR) is 64.6 cm³/mol. The summed E-state index contributed by atoms with van der Waals surface area (Å²) in [5.74, 6) is -2.30. The van der Waals surface area contributed by atoms with E-state index in [-0.39, 0.29) is 0 Å². The second-order valence-electron chi connectivity index (χ2n) is 3.75. The molecule has 2 aromatic rings. The number of ether oxygens (including phenoxy) is 1. The number of phenols is 1. The van der Waals surface area contributed by atoms with Gasteiger partial charge in [0.25, 0.3) is 0 Å². The number of aromatic hydroxyl groups is 1. The van der Waals surface area contributed by atoms with E-state index in [1.807, 2.05) is 6.92 Å². The smallest absolute Gasteiger partial charge is 0.200 e. The van der Waals surface area contributed by atoms with Crippen molar-refractivity contribution in [2.24, 2.45) is 0 Å². The van der Waals surface area contributed by atoms with E-state index < -0.39 is 17.4 Å².